The Morgan fingerprint density at radius 3 is 0.769 bits per heavy atom. The first kappa shape index (κ1) is 80.0. The molecule has 0 aliphatic heterocycles. The van der Waals surface area contributed by atoms with E-state index < -0.39 is 10.4 Å². The Bertz CT molecular complexity index is 103. The molecule has 0 fully saturated rings. The van der Waals surface area contributed by atoms with Crippen molar-refractivity contribution in [2.45, 2.75) is 0 Å². The molecule has 10 nitrogen and oxygen atoms in total. The van der Waals surface area contributed by atoms with Crippen LogP contribution in [0.5, 0.6) is 0 Å². The van der Waals surface area contributed by atoms with Crippen LogP contribution in [0.3, 0.4) is 0 Å². The van der Waals surface area contributed by atoms with Gasteiger partial charge in [0.15, 0.2) is 0 Å². The molecule has 92 valence electrons. The van der Waals surface area contributed by atoms with E-state index in [1.807, 2.05) is 0 Å². The average molecular weight is 399 g/mol. The Hall–Kier alpha value is 2.18. The molecule has 0 heterocycles. The summed E-state index contributed by atoms with van der Waals surface area (Å²) in [7, 11) is -4.67. The maximum absolute atomic E-state index is 8.74. The smallest absolute Gasteiger partial charge is 1.00 e. The second-order valence-electron chi connectivity index (χ2n) is 0.448. The average Bonchev–Trinajstić information content (AvgIpc) is 0.722. The molecule has 0 rings (SSSR count). The zero-order valence-electron chi connectivity index (χ0n) is 7.44. The van der Waals surface area contributed by atoms with Crippen molar-refractivity contribution in [2.75, 3.05) is 0 Å². The van der Waals surface area contributed by atoms with E-state index in [2.05, 4.69) is 0 Å². The molecule has 0 amide bonds. The first-order valence-corrected chi connectivity index (χ1v) is 2.10. The molecule has 0 bridgehead atoms. The van der Waals surface area contributed by atoms with Crippen LogP contribution in [0.1, 0.15) is 1.43 Å². The van der Waals surface area contributed by atoms with Gasteiger partial charge in [0.05, 0.1) is 0 Å². The Morgan fingerprint density at radius 2 is 0.769 bits per heavy atom. The van der Waals surface area contributed by atoms with Crippen molar-refractivity contribution in [1.29, 1.82) is 0 Å². The van der Waals surface area contributed by atoms with Gasteiger partial charge >= 0.3 is 79.3 Å². The normalized spacial score (nSPS) is 4.46. The summed E-state index contributed by atoms with van der Waals surface area (Å²) in [4.78, 5) is 0. The molecule has 0 saturated carbocycles. The monoisotopic (exact) mass is 398 g/mol. The molecule has 0 aliphatic carbocycles. The number of rotatable bonds is 0. The van der Waals surface area contributed by atoms with Crippen LogP contribution in [0.2, 0.25) is 0 Å². The molecule has 0 aliphatic rings. The van der Waals surface area contributed by atoms with Crippen LogP contribution in [0.25, 0.3) is 0 Å². The first-order chi connectivity index (χ1) is 2.00. The fraction of sp³-hybridized carbons (Fsp3) is 0. The molecule has 0 aromatic heterocycles. The predicted octanol–water partition coefficient (Wildman–Crippen LogP) is -8.49. The van der Waals surface area contributed by atoms with E-state index in [1.165, 1.54) is 0 Å². The van der Waals surface area contributed by atoms with Crippen LogP contribution < -0.4 is 68.9 Å². The molecule has 13 heavy (non-hydrogen) atoms. The van der Waals surface area contributed by atoms with E-state index >= 15 is 0 Å². The molecular weight excluding hydrogens is 384 g/mol. The van der Waals surface area contributed by atoms with Gasteiger partial charge in [0.25, 0.3) is 0 Å². The fourth-order valence-corrected chi connectivity index (χ4v) is 0. The minimum Gasteiger partial charge on any atom is -1.00 e. The molecule has 0 aromatic carbocycles. The van der Waals surface area contributed by atoms with Crippen molar-refractivity contribution in [3.63, 3.8) is 0 Å². The molecule has 0 spiro atoms. The van der Waals surface area contributed by atoms with E-state index in [0.717, 1.165) is 0 Å². The molecular formula is H15CsNiO10S. The summed E-state index contributed by atoms with van der Waals surface area (Å²) >= 11 is 0. The zero-order valence-corrected chi connectivity index (χ0v) is 14.5. The summed E-state index contributed by atoms with van der Waals surface area (Å²) in [6, 6.07) is 0. The first-order valence-electron chi connectivity index (χ1n) is 0.698. The van der Waals surface area contributed by atoms with Gasteiger partial charge < -0.3 is 34.3 Å². The number of hydrogen-bond donors (Lipinski definition) is 2. The SMILES string of the molecule is O.O.O.O.O.O.O=S(=O)(O)O.[Cs+].[H-].[Ni]. The van der Waals surface area contributed by atoms with Gasteiger partial charge in [-0.3, -0.25) is 9.11 Å². The van der Waals surface area contributed by atoms with E-state index in [-0.39, 0.29) is 120 Å². The summed E-state index contributed by atoms with van der Waals surface area (Å²) in [6.07, 6.45) is 0. The van der Waals surface area contributed by atoms with Gasteiger partial charge in [-0.25, -0.2) is 0 Å². The molecule has 13 heteroatoms. The van der Waals surface area contributed by atoms with Crippen LogP contribution >= 0.6 is 0 Å². The Morgan fingerprint density at radius 1 is 0.769 bits per heavy atom. The van der Waals surface area contributed by atoms with Crippen LogP contribution in [-0.2, 0) is 26.9 Å². The van der Waals surface area contributed by atoms with Crippen LogP contribution in [0, 0.1) is 0 Å². The molecule has 0 atom stereocenters. The van der Waals surface area contributed by atoms with Crippen molar-refractivity contribution in [2.24, 2.45) is 0 Å². The Kier molecular flexibility index (Phi) is 226. The quantitative estimate of drug-likeness (QED) is 0.297. The van der Waals surface area contributed by atoms with Gasteiger partial charge in [-0.05, 0) is 0 Å². The van der Waals surface area contributed by atoms with Gasteiger partial charge in [-0.1, -0.05) is 0 Å². The Labute approximate surface area is 145 Å². The third-order valence-electron chi connectivity index (χ3n) is 0. The van der Waals surface area contributed by atoms with Gasteiger partial charge in [-0.15, -0.1) is 0 Å². The third-order valence-corrected chi connectivity index (χ3v) is 0. The summed E-state index contributed by atoms with van der Waals surface area (Å²) < 4.78 is 31.6. The van der Waals surface area contributed by atoms with Gasteiger partial charge in [0.2, 0.25) is 0 Å². The summed E-state index contributed by atoms with van der Waals surface area (Å²) in [5.74, 6) is 0. The van der Waals surface area contributed by atoms with Gasteiger partial charge in [-0.2, -0.15) is 8.42 Å². The van der Waals surface area contributed by atoms with Crippen molar-refractivity contribution >= 4 is 10.4 Å². The molecule has 0 unspecified atom stereocenters. The maximum atomic E-state index is 8.74. The zero-order chi connectivity index (χ0) is 4.50. The topological polar surface area (TPSA) is 264 Å². The van der Waals surface area contributed by atoms with Crippen molar-refractivity contribution in [3.05, 3.63) is 0 Å². The third kappa shape index (κ3) is 444. The van der Waals surface area contributed by atoms with Crippen LogP contribution in [-0.4, -0.2) is 50.4 Å². The molecule has 0 radical (unpaired) electrons. The van der Waals surface area contributed by atoms with Gasteiger partial charge in [0.1, 0.15) is 0 Å². The second kappa shape index (κ2) is 36.8. The second-order valence-corrected chi connectivity index (χ2v) is 1.34. The van der Waals surface area contributed by atoms with E-state index in [0.29, 0.717) is 0 Å². The summed E-state index contributed by atoms with van der Waals surface area (Å²) in [6.45, 7) is 0. The van der Waals surface area contributed by atoms with Crippen molar-refractivity contribution in [3.8, 4) is 0 Å². The van der Waals surface area contributed by atoms with Crippen molar-refractivity contribution in [1.82, 2.24) is 0 Å². The fourth-order valence-electron chi connectivity index (χ4n) is 0. The summed E-state index contributed by atoms with van der Waals surface area (Å²) in [5, 5.41) is 0. The minimum absolute atomic E-state index is 0. The van der Waals surface area contributed by atoms with Crippen LogP contribution in [0.4, 0.5) is 0 Å². The predicted molar refractivity (Wildman–Crippen MR) is 37.0 cm³/mol. The Balaban J connectivity index is -0.00000000222. The molecule has 0 aromatic rings. The molecule has 0 saturated heterocycles. The summed E-state index contributed by atoms with van der Waals surface area (Å²) in [5.41, 5.74) is 0. The minimum atomic E-state index is -4.67. The van der Waals surface area contributed by atoms with E-state index in [4.69, 9.17) is 17.5 Å². The van der Waals surface area contributed by atoms with E-state index in [1.54, 1.807) is 0 Å². The van der Waals surface area contributed by atoms with Crippen LogP contribution in [0.15, 0.2) is 0 Å². The maximum Gasteiger partial charge on any atom is 1.00 e. The molecule has 14 N–H and O–H groups in total. The number of hydrogen-bond acceptors (Lipinski definition) is 2. The van der Waals surface area contributed by atoms with Gasteiger partial charge in [0, 0.05) is 16.5 Å². The van der Waals surface area contributed by atoms with E-state index in [9.17, 15) is 0 Å². The standard InChI is InChI=1S/Cs.Ni.H2O4S.6H2O.H/c;;1-5(2,3)4;;;;;;;/h;;(H2,1,2,3,4);6*1H2;/q+1;;;;;;;;;-1. The largest absolute Gasteiger partial charge is 1.00 e. The van der Waals surface area contributed by atoms with Crippen molar-refractivity contribution < 1.29 is 137 Å².